The van der Waals surface area contributed by atoms with Crippen LogP contribution in [0.2, 0.25) is 0 Å². The van der Waals surface area contributed by atoms with E-state index in [0.717, 1.165) is 24.2 Å². The zero-order valence-corrected chi connectivity index (χ0v) is 14.1. The van der Waals surface area contributed by atoms with Gasteiger partial charge in [0.15, 0.2) is 5.60 Å². The van der Waals surface area contributed by atoms with E-state index in [1.54, 1.807) is 0 Å². The molecule has 4 heteroatoms. The van der Waals surface area contributed by atoms with Crippen molar-refractivity contribution in [3.63, 3.8) is 0 Å². The summed E-state index contributed by atoms with van der Waals surface area (Å²) in [5.74, 6) is 0.825. The summed E-state index contributed by atoms with van der Waals surface area (Å²) in [7, 11) is 0. The first kappa shape index (κ1) is 16.8. The van der Waals surface area contributed by atoms with Crippen molar-refractivity contribution in [3.05, 3.63) is 28.3 Å². The van der Waals surface area contributed by atoms with Crippen molar-refractivity contribution in [2.75, 3.05) is 13.2 Å². The Morgan fingerprint density at radius 1 is 1.32 bits per heavy atom. The molecule has 0 radical (unpaired) electrons. The summed E-state index contributed by atoms with van der Waals surface area (Å²) in [6.07, 6.45) is 3.04. The van der Waals surface area contributed by atoms with Gasteiger partial charge in [0.2, 0.25) is 0 Å². The van der Waals surface area contributed by atoms with Crippen LogP contribution in [0.15, 0.2) is 6.07 Å². The van der Waals surface area contributed by atoms with Gasteiger partial charge >= 0.3 is 0 Å². The Hall–Kier alpha value is -1.55. The van der Waals surface area contributed by atoms with Crippen LogP contribution < -0.4 is 10.1 Å². The van der Waals surface area contributed by atoms with Crippen LogP contribution in [0.1, 0.15) is 48.4 Å². The predicted molar refractivity (Wildman–Crippen MR) is 87.3 cm³/mol. The normalized spacial score (nSPS) is 20.2. The van der Waals surface area contributed by atoms with Crippen LogP contribution in [0.4, 0.5) is 0 Å². The smallest absolute Gasteiger partial charge is 0.263 e. The minimum Gasteiger partial charge on any atom is -0.477 e. The van der Waals surface area contributed by atoms with Gasteiger partial charge in [0, 0.05) is 19.6 Å². The van der Waals surface area contributed by atoms with Crippen molar-refractivity contribution in [2.24, 2.45) is 0 Å². The lowest BCUT2D eigenvalue weighted by molar-refractivity contribution is -0.136. The lowest BCUT2D eigenvalue weighted by Gasteiger charge is -2.36. The molecule has 1 amide bonds. The van der Waals surface area contributed by atoms with Gasteiger partial charge in [0.1, 0.15) is 5.75 Å². The summed E-state index contributed by atoms with van der Waals surface area (Å²) in [6, 6.07) is 2.19. The van der Waals surface area contributed by atoms with Crippen LogP contribution in [0.5, 0.6) is 5.75 Å². The topological polar surface area (TPSA) is 58.6 Å². The summed E-state index contributed by atoms with van der Waals surface area (Å²) < 4.78 is 6.17. The van der Waals surface area contributed by atoms with Crippen molar-refractivity contribution in [1.29, 1.82) is 0 Å². The van der Waals surface area contributed by atoms with Gasteiger partial charge in [-0.25, -0.2) is 0 Å². The lowest BCUT2D eigenvalue weighted by atomic mass is 9.87. The third kappa shape index (κ3) is 3.27. The maximum atomic E-state index is 12.5. The standard InChI is InChI=1S/C18H27NO3/c1-12-11-13(2)15-7-8-18(4,22-16(15)14(12)3)17(21)19-9-5-6-10-20/h11,20H,5-10H2,1-4H3,(H,19,21). The first-order chi connectivity index (χ1) is 10.4. The van der Waals surface area contributed by atoms with Gasteiger partial charge in [-0.3, -0.25) is 4.79 Å². The molecule has 22 heavy (non-hydrogen) atoms. The zero-order valence-electron chi connectivity index (χ0n) is 14.1. The van der Waals surface area contributed by atoms with Crippen molar-refractivity contribution in [1.82, 2.24) is 5.32 Å². The van der Waals surface area contributed by atoms with Gasteiger partial charge in [-0.05, 0) is 69.2 Å². The van der Waals surface area contributed by atoms with E-state index in [4.69, 9.17) is 9.84 Å². The molecule has 4 nitrogen and oxygen atoms in total. The van der Waals surface area contributed by atoms with E-state index < -0.39 is 5.60 Å². The number of aliphatic hydroxyl groups excluding tert-OH is 1. The molecule has 0 saturated heterocycles. The van der Waals surface area contributed by atoms with Crippen LogP contribution in [0, 0.1) is 20.8 Å². The summed E-state index contributed by atoms with van der Waals surface area (Å²) in [5, 5.41) is 11.7. The molecular weight excluding hydrogens is 278 g/mol. The van der Waals surface area contributed by atoms with E-state index in [9.17, 15) is 4.79 Å². The molecule has 1 atom stereocenters. The highest BCUT2D eigenvalue weighted by molar-refractivity contribution is 5.85. The minimum atomic E-state index is -0.808. The largest absolute Gasteiger partial charge is 0.477 e. The number of hydrogen-bond acceptors (Lipinski definition) is 3. The summed E-state index contributed by atoms with van der Waals surface area (Å²) >= 11 is 0. The summed E-state index contributed by atoms with van der Waals surface area (Å²) in [6.45, 7) is 8.85. The number of aryl methyl sites for hydroxylation is 2. The van der Waals surface area contributed by atoms with Gasteiger partial charge in [-0.15, -0.1) is 0 Å². The average Bonchev–Trinajstić information content (AvgIpc) is 2.49. The van der Waals surface area contributed by atoms with E-state index in [0.29, 0.717) is 19.4 Å². The highest BCUT2D eigenvalue weighted by Crippen LogP contribution is 2.39. The van der Waals surface area contributed by atoms with Gasteiger partial charge < -0.3 is 15.2 Å². The lowest BCUT2D eigenvalue weighted by Crippen LogP contribution is -2.51. The number of carbonyl (C=O) groups is 1. The number of fused-ring (bicyclic) bond motifs is 1. The van der Waals surface area contributed by atoms with Gasteiger partial charge in [-0.1, -0.05) is 6.07 Å². The molecule has 1 aliphatic heterocycles. The second-order valence-corrected chi connectivity index (χ2v) is 6.46. The number of unbranched alkanes of at least 4 members (excludes halogenated alkanes) is 1. The van der Waals surface area contributed by atoms with Crippen LogP contribution in [-0.4, -0.2) is 29.8 Å². The first-order valence-electron chi connectivity index (χ1n) is 8.07. The third-order valence-corrected chi connectivity index (χ3v) is 4.65. The number of nitrogens with one attached hydrogen (secondary N) is 1. The Balaban J connectivity index is 2.14. The number of benzene rings is 1. The molecule has 0 saturated carbocycles. The molecule has 1 heterocycles. The van der Waals surface area contributed by atoms with E-state index in [-0.39, 0.29) is 12.5 Å². The van der Waals surface area contributed by atoms with Crippen molar-refractivity contribution in [2.45, 2.75) is 59.0 Å². The number of hydrogen-bond donors (Lipinski definition) is 2. The highest BCUT2D eigenvalue weighted by atomic mass is 16.5. The summed E-state index contributed by atoms with van der Waals surface area (Å²) in [4.78, 5) is 12.5. The molecule has 0 fully saturated rings. The van der Waals surface area contributed by atoms with Crippen LogP contribution in [-0.2, 0) is 11.2 Å². The fourth-order valence-electron chi connectivity index (χ4n) is 2.98. The molecule has 1 aliphatic rings. The van der Waals surface area contributed by atoms with Crippen molar-refractivity contribution in [3.8, 4) is 5.75 Å². The number of aliphatic hydroxyl groups is 1. The van der Waals surface area contributed by atoms with E-state index >= 15 is 0 Å². The number of rotatable bonds is 5. The van der Waals surface area contributed by atoms with Crippen LogP contribution in [0.25, 0.3) is 0 Å². The van der Waals surface area contributed by atoms with Crippen LogP contribution in [0.3, 0.4) is 0 Å². The second kappa shape index (κ2) is 6.69. The Kier molecular flexibility index (Phi) is 5.12. The molecule has 2 N–H and O–H groups in total. The second-order valence-electron chi connectivity index (χ2n) is 6.46. The maximum absolute atomic E-state index is 12.5. The average molecular weight is 305 g/mol. The van der Waals surface area contributed by atoms with E-state index in [1.807, 2.05) is 6.92 Å². The number of carbonyl (C=O) groups excluding carboxylic acids is 1. The molecule has 1 unspecified atom stereocenters. The Morgan fingerprint density at radius 3 is 2.73 bits per heavy atom. The Bertz CT molecular complexity index is 568. The van der Waals surface area contributed by atoms with Crippen LogP contribution >= 0.6 is 0 Å². The number of ether oxygens (including phenoxy) is 1. The maximum Gasteiger partial charge on any atom is 0.263 e. The fraction of sp³-hybridized carbons (Fsp3) is 0.611. The SMILES string of the molecule is Cc1cc(C)c2c(c1C)OC(C)(C(=O)NCCCCO)CC2. The fourth-order valence-corrected chi connectivity index (χ4v) is 2.98. The molecule has 0 bridgehead atoms. The molecular formula is C18H27NO3. The quantitative estimate of drug-likeness (QED) is 0.822. The Labute approximate surface area is 132 Å². The monoisotopic (exact) mass is 305 g/mol. The van der Waals surface area contributed by atoms with Gasteiger partial charge in [0.25, 0.3) is 5.91 Å². The van der Waals surface area contributed by atoms with Gasteiger partial charge in [0.05, 0.1) is 0 Å². The molecule has 0 aromatic heterocycles. The third-order valence-electron chi connectivity index (χ3n) is 4.65. The molecule has 122 valence electrons. The van der Waals surface area contributed by atoms with Crippen molar-refractivity contribution >= 4 is 5.91 Å². The molecule has 1 aromatic rings. The first-order valence-corrected chi connectivity index (χ1v) is 8.07. The zero-order chi connectivity index (χ0) is 16.3. The molecule has 0 spiro atoms. The molecule has 2 rings (SSSR count). The summed E-state index contributed by atoms with van der Waals surface area (Å²) in [5.41, 5.74) is 3.98. The minimum absolute atomic E-state index is 0.0605. The Morgan fingerprint density at radius 2 is 2.05 bits per heavy atom. The predicted octanol–water partition coefficient (Wildman–Crippen LogP) is 2.58. The van der Waals surface area contributed by atoms with Crippen molar-refractivity contribution < 1.29 is 14.6 Å². The highest BCUT2D eigenvalue weighted by Gasteiger charge is 2.39. The van der Waals surface area contributed by atoms with Gasteiger partial charge in [-0.2, -0.15) is 0 Å². The number of amides is 1. The molecule has 1 aromatic carbocycles. The van der Waals surface area contributed by atoms with E-state index in [2.05, 4.69) is 32.2 Å². The van der Waals surface area contributed by atoms with E-state index in [1.165, 1.54) is 16.7 Å². The molecule has 0 aliphatic carbocycles.